The lowest BCUT2D eigenvalue weighted by molar-refractivity contribution is 0.0856. The van der Waals surface area contributed by atoms with Gasteiger partial charge in [0.2, 0.25) is 5.95 Å². The first-order chi connectivity index (χ1) is 15.4. The summed E-state index contributed by atoms with van der Waals surface area (Å²) in [5.74, 6) is -0.304. The first-order valence-electron chi connectivity index (χ1n) is 10.1. The van der Waals surface area contributed by atoms with Gasteiger partial charge in [0, 0.05) is 34.9 Å². The van der Waals surface area contributed by atoms with E-state index in [0.29, 0.717) is 28.0 Å². The number of aromatic nitrogens is 5. The molecule has 2 N–H and O–H groups in total. The maximum absolute atomic E-state index is 13.9. The smallest absolute Gasteiger partial charge is 0.219 e. The monoisotopic (exact) mass is 455 g/mol. The molecule has 0 saturated carbocycles. The number of hydrogen-bond acceptors (Lipinski definition) is 6. The van der Waals surface area contributed by atoms with Gasteiger partial charge in [-0.05, 0) is 37.1 Å². The minimum Gasteiger partial charge on any atom is -0.493 e. The predicted octanol–water partition coefficient (Wildman–Crippen LogP) is 3.43. The average Bonchev–Trinajstić information content (AvgIpc) is 3.35. The zero-order chi connectivity index (χ0) is 22.4. The van der Waals surface area contributed by atoms with E-state index >= 15 is 0 Å². The van der Waals surface area contributed by atoms with Gasteiger partial charge in [0.1, 0.15) is 11.4 Å². The van der Waals surface area contributed by atoms with E-state index in [-0.39, 0.29) is 30.3 Å². The highest BCUT2D eigenvalue weighted by Gasteiger charge is 2.30. The fourth-order valence-electron chi connectivity index (χ4n) is 4.00. The van der Waals surface area contributed by atoms with E-state index in [1.807, 2.05) is 6.07 Å². The molecule has 4 heterocycles. The SMILES string of the molecule is C[C@@H](O)Cn1cc(C(=O)C2COc3ccc(Cl)cc3C2)c2cnc(-c3cn[nH]c3F)nc21. The molecule has 2 atom stereocenters. The molecule has 164 valence electrons. The van der Waals surface area contributed by atoms with Gasteiger partial charge < -0.3 is 14.4 Å². The Morgan fingerprint density at radius 1 is 1.44 bits per heavy atom. The van der Waals surface area contributed by atoms with E-state index in [0.717, 1.165) is 11.3 Å². The fourth-order valence-corrected chi connectivity index (χ4v) is 4.19. The third-order valence-electron chi connectivity index (χ3n) is 5.48. The third-order valence-corrected chi connectivity index (χ3v) is 5.71. The molecule has 0 radical (unpaired) electrons. The molecule has 8 nitrogen and oxygen atoms in total. The lowest BCUT2D eigenvalue weighted by Crippen LogP contribution is -2.28. The fraction of sp³-hybridized carbons (Fsp3) is 0.273. The standard InChI is InChI=1S/C22H19ClFN5O3/c1-11(30)8-29-9-17(15-6-25-21(27-22(15)29)16-7-26-28-20(16)24)19(31)13-4-12-5-14(23)2-3-18(12)32-10-13/h2-3,5-7,9,11,13,30H,4,8,10H2,1H3,(H,26,28)/t11-,13?/m1/s1. The Kier molecular flexibility index (Phi) is 5.15. The number of hydrogen-bond donors (Lipinski definition) is 2. The van der Waals surface area contributed by atoms with Gasteiger partial charge in [0.25, 0.3) is 0 Å². The van der Waals surface area contributed by atoms with E-state index < -0.39 is 18.0 Å². The average molecular weight is 456 g/mol. The van der Waals surface area contributed by atoms with Gasteiger partial charge in [-0.1, -0.05) is 11.6 Å². The summed E-state index contributed by atoms with van der Waals surface area (Å²) in [4.78, 5) is 22.2. The first-order valence-corrected chi connectivity index (χ1v) is 10.5. The van der Waals surface area contributed by atoms with Crippen molar-refractivity contribution in [2.45, 2.75) is 26.0 Å². The molecule has 0 spiro atoms. The Bertz CT molecular complexity index is 1330. The van der Waals surface area contributed by atoms with Gasteiger partial charge in [0.05, 0.1) is 30.4 Å². The zero-order valence-corrected chi connectivity index (χ0v) is 17.8. The lowest BCUT2D eigenvalue weighted by atomic mass is 9.90. The largest absolute Gasteiger partial charge is 0.493 e. The Balaban J connectivity index is 1.55. The van der Waals surface area contributed by atoms with E-state index in [1.165, 1.54) is 12.4 Å². The molecule has 32 heavy (non-hydrogen) atoms. The molecule has 0 aliphatic carbocycles. The quantitative estimate of drug-likeness (QED) is 0.446. The van der Waals surface area contributed by atoms with Crippen molar-refractivity contribution in [2.24, 2.45) is 5.92 Å². The Morgan fingerprint density at radius 3 is 3.03 bits per heavy atom. The van der Waals surface area contributed by atoms with Crippen LogP contribution in [0.5, 0.6) is 5.75 Å². The van der Waals surface area contributed by atoms with Crippen LogP contribution in [-0.4, -0.2) is 48.3 Å². The molecule has 0 fully saturated rings. The summed E-state index contributed by atoms with van der Waals surface area (Å²) in [5.41, 5.74) is 1.86. The molecule has 5 rings (SSSR count). The second-order valence-corrected chi connectivity index (χ2v) is 8.34. The summed E-state index contributed by atoms with van der Waals surface area (Å²) in [6.07, 6.45) is 4.29. The van der Waals surface area contributed by atoms with Crippen molar-refractivity contribution in [2.75, 3.05) is 6.61 Å². The number of carbonyl (C=O) groups is 1. The van der Waals surface area contributed by atoms with Crippen molar-refractivity contribution in [3.8, 4) is 17.1 Å². The number of carbonyl (C=O) groups excluding carboxylic acids is 1. The summed E-state index contributed by atoms with van der Waals surface area (Å²) in [6, 6.07) is 5.36. The summed E-state index contributed by atoms with van der Waals surface area (Å²) in [6.45, 7) is 2.10. The van der Waals surface area contributed by atoms with Gasteiger partial charge in [-0.15, -0.1) is 0 Å². The molecule has 1 aromatic carbocycles. The van der Waals surface area contributed by atoms with Crippen LogP contribution >= 0.6 is 11.6 Å². The van der Waals surface area contributed by atoms with Crippen molar-refractivity contribution in [3.63, 3.8) is 0 Å². The van der Waals surface area contributed by atoms with Crippen LogP contribution in [0.1, 0.15) is 22.8 Å². The van der Waals surface area contributed by atoms with Crippen LogP contribution in [0.3, 0.4) is 0 Å². The summed E-state index contributed by atoms with van der Waals surface area (Å²) in [5, 5.41) is 16.9. The van der Waals surface area contributed by atoms with Crippen LogP contribution < -0.4 is 4.74 Å². The molecule has 10 heteroatoms. The number of nitrogens with one attached hydrogen (secondary N) is 1. The van der Waals surface area contributed by atoms with Crippen LogP contribution in [0.4, 0.5) is 4.39 Å². The maximum atomic E-state index is 13.9. The molecule has 1 unspecified atom stereocenters. The highest BCUT2D eigenvalue weighted by Crippen LogP contribution is 2.33. The van der Waals surface area contributed by atoms with E-state index in [4.69, 9.17) is 16.3 Å². The minimum atomic E-state index is -0.676. The van der Waals surface area contributed by atoms with Gasteiger partial charge in [-0.25, -0.2) is 9.97 Å². The van der Waals surface area contributed by atoms with Gasteiger partial charge in [-0.2, -0.15) is 9.49 Å². The number of H-pyrrole nitrogens is 1. The lowest BCUT2D eigenvalue weighted by Gasteiger charge is -2.24. The number of aromatic amines is 1. The summed E-state index contributed by atoms with van der Waals surface area (Å²) in [7, 11) is 0. The van der Waals surface area contributed by atoms with Crippen molar-refractivity contribution >= 4 is 28.4 Å². The van der Waals surface area contributed by atoms with Gasteiger partial charge in [-0.3, -0.25) is 9.89 Å². The van der Waals surface area contributed by atoms with Crippen molar-refractivity contribution in [1.29, 1.82) is 0 Å². The van der Waals surface area contributed by atoms with E-state index in [1.54, 1.807) is 29.8 Å². The number of rotatable bonds is 5. The Hall–Kier alpha value is -3.30. The zero-order valence-electron chi connectivity index (χ0n) is 17.0. The molecular formula is C22H19ClFN5O3. The number of halogens is 2. The highest BCUT2D eigenvalue weighted by atomic mass is 35.5. The Labute approximate surface area is 187 Å². The number of aliphatic hydroxyl groups excluding tert-OH is 1. The number of Topliss-reactive ketones (excluding diaryl/α,β-unsaturated/α-hetero) is 1. The second-order valence-electron chi connectivity index (χ2n) is 7.90. The number of fused-ring (bicyclic) bond motifs is 2. The topological polar surface area (TPSA) is 106 Å². The third kappa shape index (κ3) is 3.63. The van der Waals surface area contributed by atoms with E-state index in [2.05, 4.69) is 20.2 Å². The van der Waals surface area contributed by atoms with Crippen molar-refractivity contribution in [1.82, 2.24) is 24.7 Å². The Morgan fingerprint density at radius 2 is 2.28 bits per heavy atom. The summed E-state index contributed by atoms with van der Waals surface area (Å²) >= 11 is 6.10. The number of aliphatic hydroxyl groups is 1. The first kappa shape index (κ1) is 20.6. The van der Waals surface area contributed by atoms with Crippen LogP contribution in [0.15, 0.2) is 36.8 Å². The molecule has 3 aromatic heterocycles. The molecular weight excluding hydrogens is 437 g/mol. The highest BCUT2D eigenvalue weighted by molar-refractivity contribution is 6.30. The number of nitrogens with zero attached hydrogens (tertiary/aromatic N) is 4. The van der Waals surface area contributed by atoms with Gasteiger partial charge >= 0.3 is 0 Å². The van der Waals surface area contributed by atoms with Crippen LogP contribution in [0.2, 0.25) is 5.02 Å². The normalized spacial score (nSPS) is 16.6. The molecule has 4 aromatic rings. The van der Waals surface area contributed by atoms with E-state index in [9.17, 15) is 14.3 Å². The predicted molar refractivity (Wildman–Crippen MR) is 115 cm³/mol. The molecule has 0 saturated heterocycles. The van der Waals surface area contributed by atoms with Crippen molar-refractivity contribution in [3.05, 3.63) is 58.9 Å². The minimum absolute atomic E-state index is 0.115. The molecule has 1 aliphatic rings. The summed E-state index contributed by atoms with van der Waals surface area (Å²) < 4.78 is 21.4. The van der Waals surface area contributed by atoms with Crippen LogP contribution in [-0.2, 0) is 13.0 Å². The molecule has 0 amide bonds. The van der Waals surface area contributed by atoms with Crippen LogP contribution in [0, 0.1) is 11.9 Å². The number of ether oxygens (including phenoxy) is 1. The second kappa shape index (κ2) is 7.99. The van der Waals surface area contributed by atoms with Gasteiger partial charge in [0.15, 0.2) is 11.6 Å². The number of ketones is 1. The maximum Gasteiger partial charge on any atom is 0.219 e. The van der Waals surface area contributed by atoms with Crippen molar-refractivity contribution < 1.29 is 19.0 Å². The molecule has 0 bridgehead atoms. The van der Waals surface area contributed by atoms with Crippen LogP contribution in [0.25, 0.3) is 22.4 Å². The number of benzene rings is 1. The molecule has 1 aliphatic heterocycles.